The maximum Gasteiger partial charge on any atom is 0.513 e. The van der Waals surface area contributed by atoms with Crippen LogP contribution in [0, 0.1) is 0 Å². The highest BCUT2D eigenvalue weighted by Gasteiger charge is 2.39. The van der Waals surface area contributed by atoms with Crippen molar-refractivity contribution in [1.82, 2.24) is 0 Å². The molecule has 0 aliphatic carbocycles. The highest BCUT2D eigenvalue weighted by molar-refractivity contribution is 6.87. The van der Waals surface area contributed by atoms with Gasteiger partial charge in [0.25, 0.3) is 0 Å². The monoisotopic (exact) mass is 436 g/mol. The molecule has 9 heteroatoms. The van der Waals surface area contributed by atoms with Gasteiger partial charge in [0.1, 0.15) is 6.61 Å². The fraction of sp³-hybridized carbons (Fsp3) is 0.833. The highest BCUT2D eigenvalue weighted by atomic mass is 28.5. The molecule has 0 unspecified atom stereocenters. The van der Waals surface area contributed by atoms with Crippen molar-refractivity contribution in [2.45, 2.75) is 77.6 Å². The third-order valence-corrected chi connectivity index (χ3v) is 15.3. The molecule has 0 spiro atoms. The van der Waals surface area contributed by atoms with Crippen molar-refractivity contribution in [3.63, 3.8) is 0 Å². The minimum absolute atomic E-state index is 0.176. The maximum absolute atomic E-state index is 11.0. The van der Waals surface area contributed by atoms with Crippen LogP contribution in [0.15, 0.2) is 12.8 Å². The van der Waals surface area contributed by atoms with E-state index in [0.29, 0.717) is 13.2 Å². The van der Waals surface area contributed by atoms with Gasteiger partial charge < -0.3 is 22.4 Å². The van der Waals surface area contributed by atoms with Crippen molar-refractivity contribution in [3.8, 4) is 0 Å². The van der Waals surface area contributed by atoms with Crippen LogP contribution in [-0.4, -0.2) is 51.2 Å². The number of rotatable bonds is 15. The number of unbranched alkanes of at least 4 members (excludes halogenated alkanes) is 1. The Labute approximate surface area is 169 Å². The molecule has 0 aliphatic rings. The lowest BCUT2D eigenvalue weighted by Gasteiger charge is -2.38. The van der Waals surface area contributed by atoms with E-state index in [1.807, 2.05) is 0 Å². The van der Waals surface area contributed by atoms with E-state index < -0.39 is 31.4 Å². The molecule has 0 saturated heterocycles. The molecule has 0 radical (unpaired) electrons. The van der Waals surface area contributed by atoms with E-state index >= 15 is 0 Å². The zero-order chi connectivity index (χ0) is 21.0. The smallest absolute Gasteiger partial charge is 0.437 e. The standard InChI is InChI=1S/C18H40O6Si3/c1-9-11-16-25(3,4)23-27(7,8)24-26(5,6)17-12-13-20-14-15-22-18(19)21-10-2/h10H,2,9,11-17H2,1,3-8H3. The lowest BCUT2D eigenvalue weighted by atomic mass is 10.4. The predicted molar refractivity (Wildman–Crippen MR) is 117 cm³/mol. The highest BCUT2D eigenvalue weighted by Crippen LogP contribution is 2.26. The molecule has 0 amide bonds. The van der Waals surface area contributed by atoms with Crippen LogP contribution in [0.3, 0.4) is 0 Å². The van der Waals surface area contributed by atoms with Crippen LogP contribution in [0.2, 0.25) is 51.4 Å². The summed E-state index contributed by atoms with van der Waals surface area (Å²) in [4.78, 5) is 11.0. The van der Waals surface area contributed by atoms with E-state index in [9.17, 15) is 4.79 Å². The summed E-state index contributed by atoms with van der Waals surface area (Å²) in [5, 5.41) is 0. The van der Waals surface area contributed by atoms with Crippen LogP contribution in [0.1, 0.15) is 26.2 Å². The van der Waals surface area contributed by atoms with Crippen LogP contribution < -0.4 is 0 Å². The summed E-state index contributed by atoms with van der Waals surface area (Å²) in [6.45, 7) is 20.1. The van der Waals surface area contributed by atoms with Gasteiger partial charge in [-0.2, -0.15) is 0 Å². The van der Waals surface area contributed by atoms with E-state index in [4.69, 9.17) is 17.7 Å². The molecule has 0 N–H and O–H groups in total. The molecule has 0 heterocycles. The van der Waals surface area contributed by atoms with Gasteiger partial charge >= 0.3 is 14.7 Å². The summed E-state index contributed by atoms with van der Waals surface area (Å²) in [5.41, 5.74) is 0. The number of ether oxygens (including phenoxy) is 3. The number of hydrogen-bond donors (Lipinski definition) is 0. The van der Waals surface area contributed by atoms with Gasteiger partial charge in [-0.05, 0) is 57.8 Å². The van der Waals surface area contributed by atoms with Crippen LogP contribution in [-0.2, 0) is 22.4 Å². The van der Waals surface area contributed by atoms with E-state index in [0.717, 1.165) is 18.7 Å². The lowest BCUT2D eigenvalue weighted by Crippen LogP contribution is -2.52. The van der Waals surface area contributed by atoms with Crippen LogP contribution in [0.25, 0.3) is 0 Å². The van der Waals surface area contributed by atoms with Gasteiger partial charge in [-0.1, -0.05) is 26.3 Å². The zero-order valence-electron chi connectivity index (χ0n) is 18.4. The fourth-order valence-corrected chi connectivity index (χ4v) is 17.2. The Morgan fingerprint density at radius 2 is 1.44 bits per heavy atom. The number of carbonyl (C=O) groups excluding carboxylic acids is 1. The minimum atomic E-state index is -2.12. The third kappa shape index (κ3) is 15.2. The third-order valence-electron chi connectivity index (χ3n) is 3.87. The second-order valence-corrected chi connectivity index (χ2v) is 20.8. The van der Waals surface area contributed by atoms with Crippen molar-refractivity contribution in [3.05, 3.63) is 12.8 Å². The molecular formula is C18H40O6Si3. The van der Waals surface area contributed by atoms with E-state index in [1.54, 1.807) is 0 Å². The second-order valence-electron chi connectivity index (χ2n) is 8.33. The summed E-state index contributed by atoms with van der Waals surface area (Å²) in [7, 11) is -5.58. The lowest BCUT2D eigenvalue weighted by molar-refractivity contribution is 0.0446. The summed E-state index contributed by atoms with van der Waals surface area (Å²) >= 11 is 0. The molecule has 0 rings (SSSR count). The zero-order valence-corrected chi connectivity index (χ0v) is 21.4. The first kappa shape index (κ1) is 26.5. The average Bonchev–Trinajstić information content (AvgIpc) is 2.50. The quantitative estimate of drug-likeness (QED) is 0.143. The molecular weight excluding hydrogens is 396 g/mol. The molecule has 0 aromatic carbocycles. The second kappa shape index (κ2) is 12.9. The van der Waals surface area contributed by atoms with Gasteiger partial charge in [0.05, 0.1) is 12.9 Å². The Bertz CT molecular complexity index is 441. The summed E-state index contributed by atoms with van der Waals surface area (Å²) in [6.07, 6.45) is 3.66. The molecule has 0 aromatic rings. The van der Waals surface area contributed by atoms with Crippen molar-refractivity contribution in [2.24, 2.45) is 0 Å². The minimum Gasteiger partial charge on any atom is -0.437 e. The van der Waals surface area contributed by atoms with Gasteiger partial charge in [0, 0.05) is 6.61 Å². The molecule has 0 fully saturated rings. The molecule has 0 aliphatic heterocycles. The molecule has 0 atom stereocenters. The largest absolute Gasteiger partial charge is 0.513 e. The molecule has 0 saturated carbocycles. The van der Waals surface area contributed by atoms with Crippen LogP contribution in [0.4, 0.5) is 4.79 Å². The first-order chi connectivity index (χ1) is 12.4. The SMILES string of the molecule is C=COC(=O)OCCOCCC[Si](C)(C)O[Si](C)(C)O[Si](C)(C)CCCC. The van der Waals surface area contributed by atoms with E-state index in [-0.39, 0.29) is 6.61 Å². The summed E-state index contributed by atoms with van der Waals surface area (Å²) in [6, 6.07) is 2.21. The Hall–Kier alpha value is -0.459. The first-order valence-electron chi connectivity index (χ1n) is 9.85. The van der Waals surface area contributed by atoms with E-state index in [1.165, 1.54) is 18.9 Å². The van der Waals surface area contributed by atoms with Crippen LogP contribution >= 0.6 is 0 Å². The Kier molecular flexibility index (Phi) is 12.7. The van der Waals surface area contributed by atoms with Crippen molar-refractivity contribution < 1.29 is 27.2 Å². The van der Waals surface area contributed by atoms with Crippen molar-refractivity contribution in [1.29, 1.82) is 0 Å². The summed E-state index contributed by atoms with van der Waals surface area (Å²) < 4.78 is 27.9. The maximum atomic E-state index is 11.0. The molecule has 160 valence electrons. The molecule has 0 bridgehead atoms. The first-order valence-corrected chi connectivity index (χ1v) is 18.9. The molecule has 27 heavy (non-hydrogen) atoms. The Morgan fingerprint density at radius 3 is 1.96 bits per heavy atom. The van der Waals surface area contributed by atoms with Gasteiger partial charge in [-0.3, -0.25) is 0 Å². The van der Waals surface area contributed by atoms with Gasteiger partial charge in [0.2, 0.25) is 0 Å². The molecule has 0 aromatic heterocycles. The Balaban J connectivity index is 4.10. The van der Waals surface area contributed by atoms with Gasteiger partial charge in [-0.25, -0.2) is 4.79 Å². The number of hydrogen-bond acceptors (Lipinski definition) is 6. The normalized spacial score (nSPS) is 12.7. The number of carbonyl (C=O) groups is 1. The molecule has 6 nitrogen and oxygen atoms in total. The van der Waals surface area contributed by atoms with Gasteiger partial charge in [-0.15, -0.1) is 0 Å². The van der Waals surface area contributed by atoms with Gasteiger partial charge in [0.15, 0.2) is 16.6 Å². The topological polar surface area (TPSA) is 63.2 Å². The Morgan fingerprint density at radius 1 is 0.889 bits per heavy atom. The predicted octanol–water partition coefficient (Wildman–Crippen LogP) is 5.64. The fourth-order valence-electron chi connectivity index (χ4n) is 3.04. The van der Waals surface area contributed by atoms with E-state index in [2.05, 4.69) is 57.5 Å². The van der Waals surface area contributed by atoms with Crippen molar-refractivity contribution >= 4 is 31.4 Å². The average molecular weight is 437 g/mol. The van der Waals surface area contributed by atoms with Crippen LogP contribution in [0.5, 0.6) is 0 Å². The summed E-state index contributed by atoms with van der Waals surface area (Å²) in [5.74, 6) is 0. The van der Waals surface area contributed by atoms with Crippen molar-refractivity contribution in [2.75, 3.05) is 19.8 Å².